The molecule has 2 rings (SSSR count). The second-order valence-corrected chi connectivity index (χ2v) is 3.96. The van der Waals surface area contributed by atoms with Crippen molar-refractivity contribution >= 4 is 17.7 Å². The monoisotopic (exact) mass is 212 g/mol. The summed E-state index contributed by atoms with van der Waals surface area (Å²) in [7, 11) is 0. The summed E-state index contributed by atoms with van der Waals surface area (Å²) in [4.78, 5) is 12.5. The van der Waals surface area contributed by atoms with Crippen LogP contribution in [0.5, 0.6) is 0 Å². The molecule has 0 atom stereocenters. The summed E-state index contributed by atoms with van der Waals surface area (Å²) in [5.41, 5.74) is 1.73. The van der Waals surface area contributed by atoms with Crippen LogP contribution in [0, 0.1) is 0 Å². The molecule has 14 heavy (non-hydrogen) atoms. The van der Waals surface area contributed by atoms with E-state index >= 15 is 0 Å². The number of nitrogens with one attached hydrogen (secondary N) is 2. The molecule has 0 spiro atoms. The quantitative estimate of drug-likeness (QED) is 0.654. The minimum Gasteiger partial charge on any atom is -0.461 e. The molecule has 0 amide bonds. The van der Waals surface area contributed by atoms with Crippen molar-refractivity contribution in [3.05, 3.63) is 22.4 Å². The molecule has 0 aromatic carbocycles. The minimum atomic E-state index is -0.272. The highest BCUT2D eigenvalue weighted by Crippen LogP contribution is 2.28. The Bertz CT molecular complexity index is 323. The average Bonchev–Trinajstić information content (AvgIpc) is 2.64. The smallest absolute Gasteiger partial charge is 0.354 e. The van der Waals surface area contributed by atoms with Gasteiger partial charge in [0, 0.05) is 10.6 Å². The van der Waals surface area contributed by atoms with E-state index in [1.165, 1.54) is 5.70 Å². The number of esters is 1. The van der Waals surface area contributed by atoms with Gasteiger partial charge in [0.05, 0.1) is 19.0 Å². The molecule has 0 saturated carbocycles. The van der Waals surface area contributed by atoms with Crippen LogP contribution in [0.25, 0.3) is 0 Å². The van der Waals surface area contributed by atoms with Crippen molar-refractivity contribution < 1.29 is 9.53 Å². The van der Waals surface area contributed by atoms with E-state index in [0.29, 0.717) is 18.8 Å². The molecule has 0 aromatic rings. The number of hydrogen-bond acceptors (Lipinski definition) is 5. The van der Waals surface area contributed by atoms with E-state index in [-0.39, 0.29) is 5.97 Å². The van der Waals surface area contributed by atoms with Crippen LogP contribution in [0.1, 0.15) is 6.92 Å². The van der Waals surface area contributed by atoms with Crippen LogP contribution in [0.15, 0.2) is 22.4 Å². The summed E-state index contributed by atoms with van der Waals surface area (Å²) in [6.45, 7) is 2.90. The molecule has 0 saturated heterocycles. The van der Waals surface area contributed by atoms with Crippen molar-refractivity contribution in [1.82, 2.24) is 10.6 Å². The van der Waals surface area contributed by atoms with Gasteiger partial charge in [-0.25, -0.2) is 4.79 Å². The number of dihydropyridines is 1. The Hall–Kier alpha value is -1.10. The Morgan fingerprint density at radius 3 is 3.29 bits per heavy atom. The predicted molar refractivity (Wildman–Crippen MR) is 55.3 cm³/mol. The first-order valence-electron chi connectivity index (χ1n) is 4.53. The van der Waals surface area contributed by atoms with E-state index in [1.54, 1.807) is 18.7 Å². The fourth-order valence-electron chi connectivity index (χ4n) is 1.36. The van der Waals surface area contributed by atoms with Crippen molar-refractivity contribution in [2.45, 2.75) is 6.92 Å². The van der Waals surface area contributed by atoms with Crippen molar-refractivity contribution in [2.24, 2.45) is 0 Å². The maximum absolute atomic E-state index is 11.4. The summed E-state index contributed by atoms with van der Waals surface area (Å²) in [5.74, 6) is 0.616. The molecule has 2 N–H and O–H groups in total. The summed E-state index contributed by atoms with van der Waals surface area (Å²) >= 11 is 1.71. The molecule has 5 heteroatoms. The number of carbonyl (C=O) groups is 1. The highest BCUT2D eigenvalue weighted by atomic mass is 32.2. The summed E-state index contributed by atoms with van der Waals surface area (Å²) in [6, 6.07) is 0. The van der Waals surface area contributed by atoms with Gasteiger partial charge in [-0.2, -0.15) is 0 Å². The molecule has 4 nitrogen and oxygen atoms in total. The second-order valence-electron chi connectivity index (χ2n) is 2.94. The van der Waals surface area contributed by atoms with E-state index < -0.39 is 0 Å². The van der Waals surface area contributed by atoms with Crippen LogP contribution in [0.4, 0.5) is 0 Å². The van der Waals surface area contributed by atoms with Gasteiger partial charge >= 0.3 is 5.97 Å². The van der Waals surface area contributed by atoms with Gasteiger partial charge in [0.25, 0.3) is 0 Å². The van der Waals surface area contributed by atoms with E-state index in [0.717, 1.165) is 10.8 Å². The predicted octanol–water partition coefficient (Wildman–Crippen LogP) is 0.542. The zero-order chi connectivity index (χ0) is 9.97. The van der Waals surface area contributed by atoms with E-state index in [4.69, 9.17) is 4.74 Å². The number of ether oxygens (including phenoxy) is 1. The molecule has 0 unspecified atom stereocenters. The standard InChI is InChI=1S/C9H12N2O2S/c1-2-13-9(12)6-3-8-7(4-10-6)11-5-14-8/h3,10-11H,2,4-5H2,1H3. The highest BCUT2D eigenvalue weighted by molar-refractivity contribution is 8.03. The van der Waals surface area contributed by atoms with Gasteiger partial charge in [0.1, 0.15) is 5.70 Å². The second kappa shape index (κ2) is 3.96. The van der Waals surface area contributed by atoms with Crippen molar-refractivity contribution in [2.75, 3.05) is 19.0 Å². The molecular formula is C9H12N2O2S. The highest BCUT2D eigenvalue weighted by Gasteiger charge is 2.21. The zero-order valence-corrected chi connectivity index (χ0v) is 8.74. The van der Waals surface area contributed by atoms with Crippen LogP contribution >= 0.6 is 11.8 Å². The first-order valence-corrected chi connectivity index (χ1v) is 5.52. The van der Waals surface area contributed by atoms with Gasteiger partial charge < -0.3 is 15.4 Å². The molecule has 2 aliphatic rings. The lowest BCUT2D eigenvalue weighted by Gasteiger charge is -2.15. The summed E-state index contributed by atoms with van der Waals surface area (Å²) in [6.07, 6.45) is 1.85. The zero-order valence-electron chi connectivity index (χ0n) is 7.92. The molecule has 76 valence electrons. The first kappa shape index (κ1) is 9.45. The maximum atomic E-state index is 11.4. The number of hydrogen-bond donors (Lipinski definition) is 2. The Morgan fingerprint density at radius 1 is 1.64 bits per heavy atom. The van der Waals surface area contributed by atoms with Crippen LogP contribution < -0.4 is 10.6 Å². The molecule has 0 radical (unpaired) electrons. The topological polar surface area (TPSA) is 50.4 Å². The largest absolute Gasteiger partial charge is 0.461 e. The normalized spacial score (nSPS) is 19.4. The molecule has 0 aliphatic carbocycles. The molecule has 0 aromatic heterocycles. The van der Waals surface area contributed by atoms with Crippen LogP contribution in [-0.2, 0) is 9.53 Å². The van der Waals surface area contributed by atoms with Gasteiger partial charge in [-0.15, -0.1) is 11.8 Å². The van der Waals surface area contributed by atoms with Crippen molar-refractivity contribution in [1.29, 1.82) is 0 Å². The number of rotatable bonds is 2. The van der Waals surface area contributed by atoms with Gasteiger partial charge in [-0.3, -0.25) is 0 Å². The Labute approximate surface area is 86.8 Å². The Morgan fingerprint density at radius 2 is 2.50 bits per heavy atom. The fourth-order valence-corrected chi connectivity index (χ4v) is 2.28. The first-order chi connectivity index (χ1) is 6.81. The lowest BCUT2D eigenvalue weighted by atomic mass is 10.2. The van der Waals surface area contributed by atoms with E-state index in [1.807, 2.05) is 6.08 Å². The van der Waals surface area contributed by atoms with Crippen LogP contribution in [0.3, 0.4) is 0 Å². The number of thioether (sulfide) groups is 1. The molecule has 2 heterocycles. The van der Waals surface area contributed by atoms with Gasteiger partial charge in [-0.05, 0) is 13.0 Å². The maximum Gasteiger partial charge on any atom is 0.354 e. The number of allylic oxidation sites excluding steroid dienone is 1. The third-order valence-corrected chi connectivity index (χ3v) is 3.00. The minimum absolute atomic E-state index is 0.272. The molecule has 0 fully saturated rings. The Balaban J connectivity index is 2.11. The number of carbonyl (C=O) groups excluding carboxylic acids is 1. The summed E-state index contributed by atoms with van der Waals surface area (Å²) in [5, 5.41) is 6.26. The molecule has 0 bridgehead atoms. The summed E-state index contributed by atoms with van der Waals surface area (Å²) < 4.78 is 4.91. The Kier molecular flexibility index (Phi) is 2.67. The van der Waals surface area contributed by atoms with Crippen LogP contribution in [0.2, 0.25) is 0 Å². The van der Waals surface area contributed by atoms with Crippen LogP contribution in [-0.4, -0.2) is 25.0 Å². The van der Waals surface area contributed by atoms with E-state index in [2.05, 4.69) is 10.6 Å². The van der Waals surface area contributed by atoms with Gasteiger partial charge in [0.2, 0.25) is 0 Å². The third-order valence-electron chi connectivity index (χ3n) is 2.04. The van der Waals surface area contributed by atoms with E-state index in [9.17, 15) is 4.79 Å². The SMILES string of the molecule is CCOC(=O)C1=CC2=C(CN1)NCS2. The third kappa shape index (κ3) is 1.72. The lowest BCUT2D eigenvalue weighted by molar-refractivity contribution is -0.138. The molecule has 2 aliphatic heterocycles. The molecular weight excluding hydrogens is 200 g/mol. The van der Waals surface area contributed by atoms with Gasteiger partial charge in [-0.1, -0.05) is 0 Å². The average molecular weight is 212 g/mol. The lowest BCUT2D eigenvalue weighted by Crippen LogP contribution is -2.30. The van der Waals surface area contributed by atoms with Crippen molar-refractivity contribution in [3.8, 4) is 0 Å². The van der Waals surface area contributed by atoms with Crippen molar-refractivity contribution in [3.63, 3.8) is 0 Å². The van der Waals surface area contributed by atoms with Gasteiger partial charge in [0.15, 0.2) is 0 Å². The fraction of sp³-hybridized carbons (Fsp3) is 0.444.